The van der Waals surface area contributed by atoms with Gasteiger partial charge in [-0.1, -0.05) is 26.3 Å². The van der Waals surface area contributed by atoms with E-state index >= 15 is 0 Å². The summed E-state index contributed by atoms with van der Waals surface area (Å²) >= 11 is 0. The average Bonchev–Trinajstić information content (AvgIpc) is 3.05. The van der Waals surface area contributed by atoms with Crippen molar-refractivity contribution < 1.29 is 19.1 Å². The Morgan fingerprint density at radius 2 is 1.97 bits per heavy atom. The molecule has 0 bridgehead atoms. The van der Waals surface area contributed by atoms with E-state index in [-0.39, 0.29) is 35.4 Å². The third-order valence-corrected chi connectivity index (χ3v) is 9.46. The van der Waals surface area contributed by atoms with Gasteiger partial charge in [0.25, 0.3) is 0 Å². The van der Waals surface area contributed by atoms with Crippen LogP contribution in [0.25, 0.3) is 0 Å². The summed E-state index contributed by atoms with van der Waals surface area (Å²) in [7, 11) is 1.61. The van der Waals surface area contributed by atoms with Crippen LogP contribution in [0.5, 0.6) is 0 Å². The predicted octanol–water partition coefficient (Wildman–Crippen LogP) is 4.96. The Hall–Kier alpha value is -1.00. The lowest BCUT2D eigenvalue weighted by molar-refractivity contribution is -0.150. The van der Waals surface area contributed by atoms with Crippen molar-refractivity contribution in [1.82, 2.24) is 0 Å². The molecule has 29 heavy (non-hydrogen) atoms. The van der Waals surface area contributed by atoms with Gasteiger partial charge in [0.1, 0.15) is 6.61 Å². The highest BCUT2D eigenvalue weighted by Gasteiger charge is 2.61. The third-order valence-electron chi connectivity index (χ3n) is 9.46. The minimum Gasteiger partial charge on any atom is -0.356 e. The van der Waals surface area contributed by atoms with E-state index < -0.39 is 0 Å². The van der Waals surface area contributed by atoms with Crippen LogP contribution >= 0.6 is 0 Å². The molecule has 4 rings (SSSR count). The normalized spacial score (nSPS) is 45.1. The van der Waals surface area contributed by atoms with E-state index in [0.717, 1.165) is 25.7 Å². The largest absolute Gasteiger partial charge is 0.356 e. The lowest BCUT2D eigenvalue weighted by atomic mass is 9.45. The molecule has 0 spiro atoms. The molecule has 0 N–H and O–H groups in total. The maximum atomic E-state index is 13.1. The number of rotatable bonds is 5. The molecule has 4 aliphatic rings. The molecule has 0 radical (unpaired) electrons. The van der Waals surface area contributed by atoms with E-state index in [9.17, 15) is 9.59 Å². The number of Topliss-reactive ketones (excluding diaryl/α,β-unsaturated/α-hetero) is 1. The molecule has 3 saturated carbocycles. The van der Waals surface area contributed by atoms with Crippen LogP contribution in [0, 0.1) is 40.4 Å². The topological polar surface area (TPSA) is 52.6 Å². The van der Waals surface area contributed by atoms with Crippen LogP contribution in [0.2, 0.25) is 0 Å². The molecular formula is C25H38O4. The molecule has 0 aromatic heterocycles. The second-order valence-electron chi connectivity index (χ2n) is 10.8. The first-order valence-electron chi connectivity index (χ1n) is 11.6. The van der Waals surface area contributed by atoms with Gasteiger partial charge in [0, 0.05) is 19.4 Å². The molecule has 4 aliphatic carbocycles. The SMILES string of the molecule is COC(C)OCC(=O)[C@H]1CC[C@H]2[C@@H]3C[C@H](C)C4=CC(=O)CC[C@]4(C)[C@H]3CC[C@]12C. The van der Waals surface area contributed by atoms with Crippen molar-refractivity contribution in [3.8, 4) is 0 Å². The van der Waals surface area contributed by atoms with Gasteiger partial charge in [-0.15, -0.1) is 0 Å². The number of ketones is 2. The monoisotopic (exact) mass is 402 g/mol. The quantitative estimate of drug-likeness (QED) is 0.610. The Morgan fingerprint density at radius 3 is 2.69 bits per heavy atom. The van der Waals surface area contributed by atoms with E-state index in [2.05, 4.69) is 20.8 Å². The number of methoxy groups -OCH3 is 1. The van der Waals surface area contributed by atoms with Crippen molar-refractivity contribution in [2.75, 3.05) is 13.7 Å². The number of hydrogen-bond donors (Lipinski definition) is 0. The van der Waals surface area contributed by atoms with Gasteiger partial charge in [-0.2, -0.15) is 0 Å². The first kappa shape index (κ1) is 21.2. The van der Waals surface area contributed by atoms with Crippen LogP contribution < -0.4 is 0 Å². The van der Waals surface area contributed by atoms with Crippen molar-refractivity contribution in [3.05, 3.63) is 11.6 Å². The molecule has 0 aromatic carbocycles. The fraction of sp³-hybridized carbons (Fsp3) is 0.840. The molecule has 3 fully saturated rings. The maximum Gasteiger partial charge on any atom is 0.162 e. The van der Waals surface area contributed by atoms with Crippen molar-refractivity contribution in [2.24, 2.45) is 40.4 Å². The molecule has 0 saturated heterocycles. The minimum atomic E-state index is -0.335. The smallest absolute Gasteiger partial charge is 0.162 e. The standard InChI is InChI=1S/C25H38O4/c1-15-12-18-19-6-7-21(23(27)14-29-16(2)28-5)24(19,3)11-9-20(18)25(4)10-8-17(26)13-22(15)25/h13,15-16,18-21H,6-12,14H2,1-5H3/t15-,16?,18-,19-,20-,21+,24-,25+/m0/s1. The molecule has 162 valence electrons. The van der Waals surface area contributed by atoms with Gasteiger partial charge in [0.05, 0.1) is 0 Å². The lowest BCUT2D eigenvalue weighted by Gasteiger charge is -2.59. The maximum absolute atomic E-state index is 13.1. The van der Waals surface area contributed by atoms with Gasteiger partial charge in [-0.25, -0.2) is 0 Å². The van der Waals surface area contributed by atoms with Gasteiger partial charge in [-0.05, 0) is 86.0 Å². The highest BCUT2D eigenvalue weighted by Crippen LogP contribution is 2.67. The van der Waals surface area contributed by atoms with Gasteiger partial charge in [0.2, 0.25) is 0 Å². The van der Waals surface area contributed by atoms with Gasteiger partial charge in [-0.3, -0.25) is 9.59 Å². The van der Waals surface area contributed by atoms with Gasteiger partial charge < -0.3 is 9.47 Å². The third kappa shape index (κ3) is 3.35. The van der Waals surface area contributed by atoms with Crippen molar-refractivity contribution in [3.63, 3.8) is 0 Å². The molecule has 8 atom stereocenters. The fourth-order valence-corrected chi connectivity index (χ4v) is 7.88. The van der Waals surface area contributed by atoms with Crippen LogP contribution in [0.4, 0.5) is 0 Å². The first-order chi connectivity index (χ1) is 13.7. The summed E-state index contributed by atoms with van der Waals surface area (Å²) in [6.45, 7) is 9.13. The van der Waals surface area contributed by atoms with Crippen LogP contribution in [0.15, 0.2) is 11.6 Å². The molecule has 0 heterocycles. The second kappa shape index (κ2) is 7.60. The number of fused-ring (bicyclic) bond motifs is 5. The van der Waals surface area contributed by atoms with Crippen molar-refractivity contribution >= 4 is 11.6 Å². The molecule has 0 aromatic rings. The van der Waals surface area contributed by atoms with Crippen LogP contribution in [0.3, 0.4) is 0 Å². The molecule has 1 unspecified atom stereocenters. The summed E-state index contributed by atoms with van der Waals surface area (Å²) in [5, 5.41) is 0. The fourth-order valence-electron chi connectivity index (χ4n) is 7.88. The zero-order valence-corrected chi connectivity index (χ0v) is 18.8. The number of ether oxygens (including phenoxy) is 2. The summed E-state index contributed by atoms with van der Waals surface area (Å²) < 4.78 is 10.7. The number of carbonyl (C=O) groups excluding carboxylic acids is 2. The minimum absolute atomic E-state index is 0.0969. The zero-order valence-electron chi connectivity index (χ0n) is 18.8. The Bertz CT molecular complexity index is 712. The van der Waals surface area contributed by atoms with Crippen LogP contribution in [0.1, 0.15) is 72.6 Å². The molecule has 4 heteroatoms. The number of allylic oxidation sites excluding steroid dienone is 1. The Morgan fingerprint density at radius 1 is 1.21 bits per heavy atom. The van der Waals surface area contributed by atoms with E-state index in [0.29, 0.717) is 35.9 Å². The van der Waals surface area contributed by atoms with E-state index in [4.69, 9.17) is 9.47 Å². The van der Waals surface area contributed by atoms with Crippen molar-refractivity contribution in [2.45, 2.75) is 78.9 Å². The zero-order chi connectivity index (χ0) is 21.0. The Labute approximate surface area is 175 Å². The molecule has 4 nitrogen and oxygen atoms in total. The predicted molar refractivity (Wildman–Crippen MR) is 112 cm³/mol. The number of hydrogen-bond acceptors (Lipinski definition) is 4. The lowest BCUT2D eigenvalue weighted by Crippen LogP contribution is -2.53. The average molecular weight is 403 g/mol. The van der Waals surface area contributed by atoms with E-state index in [1.54, 1.807) is 7.11 Å². The van der Waals surface area contributed by atoms with E-state index in [1.165, 1.54) is 18.4 Å². The van der Waals surface area contributed by atoms with Gasteiger partial charge >= 0.3 is 0 Å². The summed E-state index contributed by atoms with van der Waals surface area (Å²) in [5.41, 5.74) is 1.70. The van der Waals surface area contributed by atoms with E-state index in [1.807, 2.05) is 13.0 Å². The van der Waals surface area contributed by atoms with Crippen LogP contribution in [-0.4, -0.2) is 31.6 Å². The Kier molecular flexibility index (Phi) is 5.57. The summed E-state index contributed by atoms with van der Waals surface area (Å²) in [6.07, 6.45) is 9.02. The highest BCUT2D eigenvalue weighted by atomic mass is 16.7. The molecule has 0 aliphatic heterocycles. The summed E-state index contributed by atoms with van der Waals surface area (Å²) in [6, 6.07) is 0. The van der Waals surface area contributed by atoms with Crippen LogP contribution in [-0.2, 0) is 19.1 Å². The summed E-state index contributed by atoms with van der Waals surface area (Å²) in [4.78, 5) is 25.2. The molecule has 0 amide bonds. The Balaban J connectivity index is 1.55. The second-order valence-corrected chi connectivity index (χ2v) is 10.8. The summed E-state index contributed by atoms with van der Waals surface area (Å²) in [5.74, 6) is 3.13. The molecular weight excluding hydrogens is 364 g/mol. The first-order valence-corrected chi connectivity index (χ1v) is 11.6. The number of carbonyl (C=O) groups is 2. The highest BCUT2D eigenvalue weighted by molar-refractivity contribution is 5.91. The van der Waals surface area contributed by atoms with Gasteiger partial charge in [0.15, 0.2) is 17.9 Å². The van der Waals surface area contributed by atoms with Crippen molar-refractivity contribution in [1.29, 1.82) is 0 Å².